The molecule has 0 aliphatic carbocycles. The molecule has 146 valence electrons. The van der Waals surface area contributed by atoms with Crippen LogP contribution in [0.15, 0.2) is 55.0 Å². The lowest BCUT2D eigenvalue weighted by Crippen LogP contribution is -2.23. The summed E-state index contributed by atoms with van der Waals surface area (Å²) in [6.45, 7) is 2.00. The zero-order valence-electron chi connectivity index (χ0n) is 15.3. The molecule has 3 aromatic rings. The molecular weight excluding hydrogens is 380 g/mol. The van der Waals surface area contributed by atoms with Crippen LogP contribution in [0.1, 0.15) is 29.9 Å². The van der Waals surface area contributed by atoms with Gasteiger partial charge in [-0.15, -0.1) is 0 Å². The number of hydrogen-bond acceptors (Lipinski definition) is 5. The van der Waals surface area contributed by atoms with Gasteiger partial charge in [-0.1, -0.05) is 29.8 Å². The summed E-state index contributed by atoms with van der Waals surface area (Å²) in [5.74, 6) is -0.122. The summed E-state index contributed by atoms with van der Waals surface area (Å²) >= 11 is 5.93. The lowest BCUT2D eigenvalue weighted by Gasteiger charge is -2.21. The van der Waals surface area contributed by atoms with Crippen molar-refractivity contribution in [1.29, 1.82) is 0 Å². The van der Waals surface area contributed by atoms with Gasteiger partial charge in [0.15, 0.2) is 0 Å². The smallest absolute Gasteiger partial charge is 0.268 e. The second-order valence-electron chi connectivity index (χ2n) is 6.38. The third-order valence-corrected chi connectivity index (χ3v) is 4.57. The fourth-order valence-electron chi connectivity index (χ4n) is 2.85. The minimum absolute atomic E-state index is 0.156. The van der Waals surface area contributed by atoms with E-state index in [-0.39, 0.29) is 11.7 Å². The Morgan fingerprint density at radius 1 is 1.29 bits per heavy atom. The number of rotatable bonds is 8. The van der Waals surface area contributed by atoms with Crippen LogP contribution in [0, 0.1) is 0 Å². The molecule has 8 heteroatoms. The first kappa shape index (κ1) is 19.9. The molecule has 0 radical (unpaired) electrons. The highest BCUT2D eigenvalue weighted by Gasteiger charge is 2.19. The minimum atomic E-state index is -0.660. The van der Waals surface area contributed by atoms with Crippen molar-refractivity contribution in [3.8, 4) is 17.1 Å². The first-order valence-electron chi connectivity index (χ1n) is 8.81. The molecule has 2 aromatic heterocycles. The first-order chi connectivity index (χ1) is 13.4. The maximum Gasteiger partial charge on any atom is 0.268 e. The lowest BCUT2D eigenvalue weighted by atomic mass is 10.1. The number of benzene rings is 1. The van der Waals surface area contributed by atoms with Crippen LogP contribution in [0.2, 0.25) is 5.02 Å². The Kier molecular flexibility index (Phi) is 6.28. The Labute approximate surface area is 167 Å². The van der Waals surface area contributed by atoms with E-state index in [1.165, 1.54) is 12.5 Å². The predicted octanol–water partition coefficient (Wildman–Crippen LogP) is 3.09. The number of nitrogens with zero attached hydrogens (tertiary/aromatic N) is 3. The molecule has 0 spiro atoms. The summed E-state index contributed by atoms with van der Waals surface area (Å²) in [6, 6.07) is 12.6. The molecule has 0 bridgehead atoms. The molecule has 0 saturated heterocycles. The van der Waals surface area contributed by atoms with E-state index >= 15 is 0 Å². The van der Waals surface area contributed by atoms with Crippen LogP contribution in [0.3, 0.4) is 0 Å². The Balaban J connectivity index is 1.65. The zero-order chi connectivity index (χ0) is 20.1. The number of imidazole rings is 1. The Hall–Kier alpha value is -2.90. The summed E-state index contributed by atoms with van der Waals surface area (Å²) in [4.78, 5) is 19.7. The van der Waals surface area contributed by atoms with Crippen molar-refractivity contribution in [2.45, 2.75) is 25.5 Å². The summed E-state index contributed by atoms with van der Waals surface area (Å²) in [5.41, 5.74) is 7.11. The zero-order valence-corrected chi connectivity index (χ0v) is 16.1. The Morgan fingerprint density at radius 3 is 2.68 bits per heavy atom. The molecule has 2 unspecified atom stereocenters. The summed E-state index contributed by atoms with van der Waals surface area (Å²) in [6.07, 6.45) is 2.85. The highest BCUT2D eigenvalue weighted by molar-refractivity contribution is 6.30. The van der Waals surface area contributed by atoms with Crippen molar-refractivity contribution in [2.24, 2.45) is 5.73 Å². The molecule has 7 nitrogen and oxygen atoms in total. The van der Waals surface area contributed by atoms with Gasteiger partial charge in [-0.25, -0.2) is 9.97 Å². The van der Waals surface area contributed by atoms with Gasteiger partial charge in [-0.2, -0.15) is 0 Å². The van der Waals surface area contributed by atoms with Gasteiger partial charge in [0.1, 0.15) is 5.69 Å². The van der Waals surface area contributed by atoms with Crippen LogP contribution in [-0.4, -0.2) is 38.3 Å². The third-order valence-electron chi connectivity index (χ3n) is 4.32. The van der Waals surface area contributed by atoms with Gasteiger partial charge in [0, 0.05) is 29.3 Å². The number of aromatic nitrogens is 3. The van der Waals surface area contributed by atoms with Crippen LogP contribution in [0.4, 0.5) is 0 Å². The Bertz CT molecular complexity index is 941. The number of primary amides is 1. The molecule has 0 aliphatic heterocycles. The van der Waals surface area contributed by atoms with Gasteiger partial charge in [-0.05, 0) is 25.1 Å². The highest BCUT2D eigenvalue weighted by Crippen LogP contribution is 2.23. The number of carbonyl (C=O) groups is 1. The molecule has 0 aliphatic rings. The van der Waals surface area contributed by atoms with E-state index in [1.807, 2.05) is 36.4 Å². The number of aliphatic hydroxyl groups excluding tert-OH is 1. The normalized spacial score (nSPS) is 13.1. The van der Waals surface area contributed by atoms with E-state index in [2.05, 4.69) is 9.97 Å². The SMILES string of the molecule is CC(O)C(CCOc1cccc(-c2ccc(Cl)cc2)n1)n1cnc(C(N)=O)c1. The van der Waals surface area contributed by atoms with E-state index < -0.39 is 12.0 Å². The molecule has 28 heavy (non-hydrogen) atoms. The number of hydrogen-bond donors (Lipinski definition) is 2. The average molecular weight is 401 g/mol. The van der Waals surface area contributed by atoms with Crippen molar-refractivity contribution >= 4 is 17.5 Å². The summed E-state index contributed by atoms with van der Waals surface area (Å²) in [7, 11) is 0. The van der Waals surface area contributed by atoms with E-state index in [4.69, 9.17) is 22.1 Å². The predicted molar refractivity (Wildman–Crippen MR) is 106 cm³/mol. The van der Waals surface area contributed by atoms with Gasteiger partial charge >= 0.3 is 0 Å². The van der Waals surface area contributed by atoms with Gasteiger partial charge in [0.25, 0.3) is 5.91 Å². The molecule has 3 rings (SSSR count). The number of nitrogens with two attached hydrogens (primary N) is 1. The van der Waals surface area contributed by atoms with Crippen LogP contribution in [-0.2, 0) is 0 Å². The second kappa shape index (κ2) is 8.86. The number of ether oxygens (including phenoxy) is 1. The van der Waals surface area contributed by atoms with Gasteiger partial charge in [0.2, 0.25) is 5.88 Å². The molecule has 1 aromatic carbocycles. The second-order valence-corrected chi connectivity index (χ2v) is 6.82. The molecular formula is C20H21ClN4O3. The fourth-order valence-corrected chi connectivity index (χ4v) is 2.97. The lowest BCUT2D eigenvalue weighted by molar-refractivity contribution is 0.0993. The van der Waals surface area contributed by atoms with Crippen molar-refractivity contribution in [2.75, 3.05) is 6.61 Å². The van der Waals surface area contributed by atoms with Crippen molar-refractivity contribution in [3.05, 3.63) is 65.7 Å². The van der Waals surface area contributed by atoms with E-state index in [9.17, 15) is 9.90 Å². The van der Waals surface area contributed by atoms with Crippen LogP contribution < -0.4 is 10.5 Å². The van der Waals surface area contributed by atoms with Crippen molar-refractivity contribution < 1.29 is 14.6 Å². The first-order valence-corrected chi connectivity index (χ1v) is 9.19. The van der Waals surface area contributed by atoms with Gasteiger partial charge in [0.05, 0.1) is 30.8 Å². The maximum absolute atomic E-state index is 11.2. The van der Waals surface area contributed by atoms with Crippen LogP contribution >= 0.6 is 11.6 Å². The molecule has 0 saturated carbocycles. The number of halogens is 1. The van der Waals surface area contributed by atoms with Crippen molar-refractivity contribution in [1.82, 2.24) is 14.5 Å². The third kappa shape index (κ3) is 4.88. The topological polar surface area (TPSA) is 103 Å². The summed E-state index contributed by atoms with van der Waals surface area (Å²) in [5, 5.41) is 10.7. The number of aliphatic hydroxyl groups is 1. The maximum atomic E-state index is 11.2. The van der Waals surface area contributed by atoms with E-state index in [0.717, 1.165) is 11.3 Å². The average Bonchev–Trinajstić information content (AvgIpc) is 3.16. The standard InChI is InChI=1S/C20H21ClN4O3/c1-13(26)18(25-11-17(20(22)27)23-12-25)9-10-28-19-4-2-3-16(24-19)14-5-7-15(21)8-6-14/h2-8,11-13,18,26H,9-10H2,1H3,(H2,22,27). The minimum Gasteiger partial charge on any atom is -0.478 e. The summed E-state index contributed by atoms with van der Waals surface area (Å²) < 4.78 is 7.45. The monoisotopic (exact) mass is 400 g/mol. The number of carbonyl (C=O) groups excluding carboxylic acids is 1. The molecule has 2 atom stereocenters. The van der Waals surface area contributed by atoms with E-state index in [1.54, 1.807) is 17.6 Å². The van der Waals surface area contributed by atoms with Crippen molar-refractivity contribution in [3.63, 3.8) is 0 Å². The van der Waals surface area contributed by atoms with Gasteiger partial charge < -0.3 is 20.1 Å². The number of amides is 1. The highest BCUT2D eigenvalue weighted by atomic mass is 35.5. The van der Waals surface area contributed by atoms with Crippen LogP contribution in [0.25, 0.3) is 11.3 Å². The van der Waals surface area contributed by atoms with Crippen LogP contribution in [0.5, 0.6) is 5.88 Å². The molecule has 3 N–H and O–H groups in total. The molecule has 0 fully saturated rings. The van der Waals surface area contributed by atoms with Gasteiger partial charge in [-0.3, -0.25) is 4.79 Å². The Morgan fingerprint density at radius 2 is 2.04 bits per heavy atom. The fraction of sp³-hybridized carbons (Fsp3) is 0.250. The quantitative estimate of drug-likeness (QED) is 0.604. The molecule has 2 heterocycles. The van der Waals surface area contributed by atoms with E-state index in [0.29, 0.717) is 23.9 Å². The molecule has 1 amide bonds. The number of pyridine rings is 1. The largest absolute Gasteiger partial charge is 0.478 e.